The Morgan fingerprint density at radius 1 is 1.35 bits per heavy atom. The van der Waals surface area contributed by atoms with Gasteiger partial charge in [0.25, 0.3) is 0 Å². The quantitative estimate of drug-likeness (QED) is 0.720. The van der Waals surface area contributed by atoms with Crippen molar-refractivity contribution < 1.29 is 9.90 Å². The molecule has 3 N–H and O–H groups in total. The predicted octanol–water partition coefficient (Wildman–Crippen LogP) is 1.22. The molecule has 0 heterocycles. The summed E-state index contributed by atoms with van der Waals surface area (Å²) in [6.45, 7) is 4.34. The molecule has 0 aliphatic rings. The highest BCUT2D eigenvalue weighted by atomic mass is 16.3. The SMILES string of the molecule is Cc1ccc(CCNC(=O)NC(C)CO)cc1. The van der Waals surface area contributed by atoms with E-state index in [1.54, 1.807) is 6.92 Å². The minimum Gasteiger partial charge on any atom is -0.394 e. The van der Waals surface area contributed by atoms with Crippen molar-refractivity contribution in [3.05, 3.63) is 35.4 Å². The van der Waals surface area contributed by atoms with Gasteiger partial charge < -0.3 is 15.7 Å². The van der Waals surface area contributed by atoms with Crippen LogP contribution in [-0.4, -0.2) is 30.3 Å². The summed E-state index contributed by atoms with van der Waals surface area (Å²) < 4.78 is 0. The van der Waals surface area contributed by atoms with Gasteiger partial charge in [-0.3, -0.25) is 0 Å². The van der Waals surface area contributed by atoms with Crippen LogP contribution in [0.3, 0.4) is 0 Å². The summed E-state index contributed by atoms with van der Waals surface area (Å²) >= 11 is 0. The van der Waals surface area contributed by atoms with E-state index in [1.807, 2.05) is 6.92 Å². The minimum absolute atomic E-state index is 0.0502. The second kappa shape index (κ2) is 6.91. The molecule has 4 heteroatoms. The summed E-state index contributed by atoms with van der Waals surface area (Å²) in [6, 6.07) is 7.79. The van der Waals surface area contributed by atoms with Crippen LogP contribution >= 0.6 is 0 Å². The number of benzene rings is 1. The van der Waals surface area contributed by atoms with Gasteiger partial charge in [0.05, 0.1) is 12.6 Å². The molecule has 0 fully saturated rings. The summed E-state index contributed by atoms with van der Waals surface area (Å²) in [5.74, 6) is 0. The summed E-state index contributed by atoms with van der Waals surface area (Å²) in [6.07, 6.45) is 0.807. The Bertz CT molecular complexity index is 349. The standard InChI is InChI=1S/C13H20N2O2/c1-10-3-5-12(6-4-10)7-8-14-13(17)15-11(2)9-16/h3-6,11,16H,7-9H2,1-2H3,(H2,14,15,17). The lowest BCUT2D eigenvalue weighted by molar-refractivity contribution is 0.220. The van der Waals surface area contributed by atoms with Crippen molar-refractivity contribution in [2.75, 3.05) is 13.2 Å². The predicted molar refractivity (Wildman–Crippen MR) is 68.0 cm³/mol. The van der Waals surface area contributed by atoms with Crippen LogP contribution in [0.15, 0.2) is 24.3 Å². The van der Waals surface area contributed by atoms with Gasteiger partial charge in [-0.05, 0) is 25.8 Å². The van der Waals surface area contributed by atoms with E-state index in [0.717, 1.165) is 6.42 Å². The highest BCUT2D eigenvalue weighted by molar-refractivity contribution is 5.74. The number of rotatable bonds is 5. The van der Waals surface area contributed by atoms with Crippen LogP contribution in [0.2, 0.25) is 0 Å². The number of hydrogen-bond acceptors (Lipinski definition) is 2. The zero-order valence-electron chi connectivity index (χ0n) is 10.4. The summed E-state index contributed by atoms with van der Waals surface area (Å²) in [5.41, 5.74) is 2.43. The molecule has 1 unspecified atom stereocenters. The van der Waals surface area contributed by atoms with Crippen molar-refractivity contribution in [2.24, 2.45) is 0 Å². The maximum absolute atomic E-state index is 11.3. The fraction of sp³-hybridized carbons (Fsp3) is 0.462. The molecule has 1 aromatic rings. The molecule has 1 rings (SSSR count). The van der Waals surface area contributed by atoms with Crippen LogP contribution in [0.1, 0.15) is 18.1 Å². The second-order valence-corrected chi connectivity index (χ2v) is 4.22. The van der Waals surface area contributed by atoms with Gasteiger partial charge >= 0.3 is 6.03 Å². The van der Waals surface area contributed by atoms with Gasteiger partial charge in [0, 0.05) is 6.54 Å². The van der Waals surface area contributed by atoms with Crippen molar-refractivity contribution in [2.45, 2.75) is 26.3 Å². The minimum atomic E-state index is -0.237. The number of aliphatic hydroxyl groups excluding tert-OH is 1. The molecule has 94 valence electrons. The molecule has 0 bridgehead atoms. The van der Waals surface area contributed by atoms with E-state index in [2.05, 4.69) is 34.9 Å². The third kappa shape index (κ3) is 5.36. The lowest BCUT2D eigenvalue weighted by Gasteiger charge is -2.11. The molecule has 0 saturated carbocycles. The molecular formula is C13H20N2O2. The van der Waals surface area contributed by atoms with Crippen molar-refractivity contribution >= 4 is 6.03 Å². The highest BCUT2D eigenvalue weighted by Gasteiger charge is 2.04. The fourth-order valence-electron chi connectivity index (χ4n) is 1.40. The smallest absolute Gasteiger partial charge is 0.315 e. The normalized spacial score (nSPS) is 11.9. The molecular weight excluding hydrogens is 216 g/mol. The van der Waals surface area contributed by atoms with Crippen LogP contribution in [0.5, 0.6) is 0 Å². The lowest BCUT2D eigenvalue weighted by Crippen LogP contribution is -2.42. The molecule has 0 saturated heterocycles. The molecule has 17 heavy (non-hydrogen) atoms. The number of amides is 2. The van der Waals surface area contributed by atoms with E-state index in [9.17, 15) is 4.79 Å². The molecule has 0 spiro atoms. The van der Waals surface area contributed by atoms with Crippen molar-refractivity contribution in [1.82, 2.24) is 10.6 Å². The monoisotopic (exact) mass is 236 g/mol. The Morgan fingerprint density at radius 3 is 2.59 bits per heavy atom. The highest BCUT2D eigenvalue weighted by Crippen LogP contribution is 2.02. The van der Waals surface area contributed by atoms with Crippen LogP contribution in [0.4, 0.5) is 4.79 Å². The molecule has 1 aromatic carbocycles. The van der Waals surface area contributed by atoms with Gasteiger partial charge in [-0.2, -0.15) is 0 Å². The number of urea groups is 1. The maximum atomic E-state index is 11.3. The number of aliphatic hydroxyl groups is 1. The van der Waals surface area contributed by atoms with E-state index >= 15 is 0 Å². The number of hydrogen-bond donors (Lipinski definition) is 3. The number of carbonyl (C=O) groups excluding carboxylic acids is 1. The largest absolute Gasteiger partial charge is 0.394 e. The number of carbonyl (C=O) groups is 1. The van der Waals surface area contributed by atoms with E-state index in [4.69, 9.17) is 5.11 Å². The summed E-state index contributed by atoms with van der Waals surface area (Å²) in [4.78, 5) is 11.3. The molecule has 0 aliphatic carbocycles. The topological polar surface area (TPSA) is 61.4 Å². The van der Waals surface area contributed by atoms with Gasteiger partial charge in [0.1, 0.15) is 0 Å². The Balaban J connectivity index is 2.23. The van der Waals surface area contributed by atoms with E-state index in [-0.39, 0.29) is 18.7 Å². The average Bonchev–Trinajstić information content (AvgIpc) is 2.31. The first-order valence-corrected chi connectivity index (χ1v) is 5.82. The fourth-order valence-corrected chi connectivity index (χ4v) is 1.40. The van der Waals surface area contributed by atoms with E-state index < -0.39 is 0 Å². The Morgan fingerprint density at radius 2 is 2.00 bits per heavy atom. The van der Waals surface area contributed by atoms with Crippen molar-refractivity contribution in [1.29, 1.82) is 0 Å². The van der Waals surface area contributed by atoms with Crippen LogP contribution < -0.4 is 10.6 Å². The molecule has 0 radical (unpaired) electrons. The van der Waals surface area contributed by atoms with Gasteiger partial charge in [-0.15, -0.1) is 0 Å². The van der Waals surface area contributed by atoms with Crippen molar-refractivity contribution in [3.8, 4) is 0 Å². The molecule has 1 atom stereocenters. The number of aryl methyl sites for hydroxylation is 1. The summed E-state index contributed by atoms with van der Waals surface area (Å²) in [7, 11) is 0. The Kier molecular flexibility index (Phi) is 5.49. The zero-order chi connectivity index (χ0) is 12.7. The average molecular weight is 236 g/mol. The lowest BCUT2D eigenvalue weighted by atomic mass is 10.1. The number of nitrogens with one attached hydrogen (secondary N) is 2. The Hall–Kier alpha value is -1.55. The van der Waals surface area contributed by atoms with E-state index in [1.165, 1.54) is 11.1 Å². The third-order valence-corrected chi connectivity index (χ3v) is 2.47. The third-order valence-electron chi connectivity index (χ3n) is 2.47. The molecule has 2 amide bonds. The molecule has 4 nitrogen and oxygen atoms in total. The van der Waals surface area contributed by atoms with Crippen LogP contribution in [-0.2, 0) is 6.42 Å². The first-order chi connectivity index (χ1) is 8.11. The first-order valence-electron chi connectivity index (χ1n) is 5.82. The maximum Gasteiger partial charge on any atom is 0.315 e. The van der Waals surface area contributed by atoms with Crippen molar-refractivity contribution in [3.63, 3.8) is 0 Å². The van der Waals surface area contributed by atoms with E-state index in [0.29, 0.717) is 6.54 Å². The van der Waals surface area contributed by atoms with Gasteiger partial charge in [-0.25, -0.2) is 4.79 Å². The van der Waals surface area contributed by atoms with Gasteiger partial charge in [0.15, 0.2) is 0 Å². The van der Waals surface area contributed by atoms with Crippen LogP contribution in [0.25, 0.3) is 0 Å². The molecule has 0 aromatic heterocycles. The second-order valence-electron chi connectivity index (χ2n) is 4.22. The van der Waals surface area contributed by atoms with Gasteiger partial charge in [0.2, 0.25) is 0 Å². The first kappa shape index (κ1) is 13.5. The summed E-state index contributed by atoms with van der Waals surface area (Å²) in [5, 5.41) is 14.1. The zero-order valence-corrected chi connectivity index (χ0v) is 10.4. The van der Waals surface area contributed by atoms with Crippen LogP contribution in [0, 0.1) is 6.92 Å². The van der Waals surface area contributed by atoms with Gasteiger partial charge in [-0.1, -0.05) is 29.8 Å². The molecule has 0 aliphatic heterocycles. The Labute approximate surface area is 102 Å².